The standard InChI is InChI=1S/C11H20N4S/c1-2-10-14-11(16-15-10)13-7-9-5-3-4-8(9)6-12/h8-9H,2-7,12H2,1H3,(H,13,14,15). The highest BCUT2D eigenvalue weighted by Crippen LogP contribution is 2.31. The van der Waals surface area contributed by atoms with E-state index in [2.05, 4.69) is 21.6 Å². The van der Waals surface area contributed by atoms with E-state index >= 15 is 0 Å². The summed E-state index contributed by atoms with van der Waals surface area (Å²) >= 11 is 1.46. The maximum absolute atomic E-state index is 5.77. The summed E-state index contributed by atoms with van der Waals surface area (Å²) in [4.78, 5) is 4.41. The van der Waals surface area contributed by atoms with Gasteiger partial charge in [-0.2, -0.15) is 4.37 Å². The summed E-state index contributed by atoms with van der Waals surface area (Å²) in [5, 5.41) is 4.35. The summed E-state index contributed by atoms with van der Waals surface area (Å²) < 4.78 is 4.26. The molecule has 1 saturated carbocycles. The number of rotatable bonds is 5. The van der Waals surface area contributed by atoms with Crippen LogP contribution in [0.2, 0.25) is 0 Å². The van der Waals surface area contributed by atoms with Gasteiger partial charge in [0.1, 0.15) is 5.82 Å². The Kier molecular flexibility index (Phi) is 4.12. The maximum Gasteiger partial charge on any atom is 0.202 e. The molecule has 0 amide bonds. The third-order valence-electron chi connectivity index (χ3n) is 3.42. The van der Waals surface area contributed by atoms with E-state index in [1.165, 1.54) is 30.8 Å². The number of aromatic nitrogens is 2. The summed E-state index contributed by atoms with van der Waals surface area (Å²) in [5.41, 5.74) is 5.77. The molecule has 2 unspecified atom stereocenters. The van der Waals surface area contributed by atoms with Crippen molar-refractivity contribution in [2.24, 2.45) is 17.6 Å². The fourth-order valence-electron chi connectivity index (χ4n) is 2.38. The summed E-state index contributed by atoms with van der Waals surface area (Å²) in [6, 6.07) is 0. The molecule has 2 atom stereocenters. The van der Waals surface area contributed by atoms with Crippen LogP contribution in [0.15, 0.2) is 0 Å². The first-order valence-corrected chi connectivity index (χ1v) is 6.87. The van der Waals surface area contributed by atoms with Crippen molar-refractivity contribution in [3.05, 3.63) is 5.82 Å². The molecular formula is C11H20N4S. The van der Waals surface area contributed by atoms with Crippen LogP contribution >= 0.6 is 11.5 Å². The normalized spacial score (nSPS) is 24.9. The molecule has 1 fully saturated rings. The second-order valence-corrected chi connectivity index (χ2v) is 5.19. The Bertz CT molecular complexity index is 326. The molecule has 1 heterocycles. The van der Waals surface area contributed by atoms with Crippen molar-refractivity contribution >= 4 is 16.7 Å². The monoisotopic (exact) mass is 240 g/mol. The lowest BCUT2D eigenvalue weighted by molar-refractivity contribution is 0.414. The van der Waals surface area contributed by atoms with Gasteiger partial charge in [0.25, 0.3) is 0 Å². The van der Waals surface area contributed by atoms with E-state index in [4.69, 9.17) is 5.73 Å². The van der Waals surface area contributed by atoms with Gasteiger partial charge in [-0.3, -0.25) is 0 Å². The lowest BCUT2D eigenvalue weighted by atomic mass is 9.96. The van der Waals surface area contributed by atoms with Crippen molar-refractivity contribution in [3.63, 3.8) is 0 Å². The van der Waals surface area contributed by atoms with E-state index in [0.717, 1.165) is 36.4 Å². The molecule has 1 aliphatic carbocycles. The maximum atomic E-state index is 5.77. The predicted octanol–water partition coefficient (Wildman–Crippen LogP) is 1.89. The molecule has 1 aromatic heterocycles. The highest BCUT2D eigenvalue weighted by atomic mass is 32.1. The number of nitrogens with zero attached hydrogens (tertiary/aromatic N) is 2. The topological polar surface area (TPSA) is 63.8 Å². The average molecular weight is 240 g/mol. The zero-order valence-corrected chi connectivity index (χ0v) is 10.6. The molecule has 0 radical (unpaired) electrons. The largest absolute Gasteiger partial charge is 0.360 e. The van der Waals surface area contributed by atoms with Crippen LogP contribution in [0.4, 0.5) is 5.13 Å². The number of nitrogens with two attached hydrogens (primary N) is 1. The molecule has 0 aromatic carbocycles. The molecule has 0 saturated heterocycles. The minimum absolute atomic E-state index is 0.700. The number of anilines is 1. The molecule has 2 rings (SSSR count). The quantitative estimate of drug-likeness (QED) is 0.825. The van der Waals surface area contributed by atoms with Crippen LogP contribution in [0.5, 0.6) is 0 Å². The fraction of sp³-hybridized carbons (Fsp3) is 0.818. The molecular weight excluding hydrogens is 220 g/mol. The lowest BCUT2D eigenvalue weighted by Crippen LogP contribution is -2.24. The van der Waals surface area contributed by atoms with Gasteiger partial charge in [-0.1, -0.05) is 13.3 Å². The van der Waals surface area contributed by atoms with Crippen LogP contribution in [0.1, 0.15) is 32.0 Å². The number of nitrogens with one attached hydrogen (secondary N) is 1. The van der Waals surface area contributed by atoms with E-state index in [1.54, 1.807) is 0 Å². The van der Waals surface area contributed by atoms with Crippen molar-refractivity contribution in [2.45, 2.75) is 32.6 Å². The first-order valence-electron chi connectivity index (χ1n) is 6.10. The second-order valence-electron chi connectivity index (χ2n) is 4.44. The summed E-state index contributed by atoms with van der Waals surface area (Å²) in [5.74, 6) is 2.36. The van der Waals surface area contributed by atoms with Crippen molar-refractivity contribution in [3.8, 4) is 0 Å². The van der Waals surface area contributed by atoms with E-state index in [0.29, 0.717) is 5.92 Å². The highest BCUT2D eigenvalue weighted by Gasteiger charge is 2.25. The summed E-state index contributed by atoms with van der Waals surface area (Å²) in [6.45, 7) is 3.90. The smallest absolute Gasteiger partial charge is 0.202 e. The molecule has 16 heavy (non-hydrogen) atoms. The van der Waals surface area contributed by atoms with Crippen molar-refractivity contribution in [2.75, 3.05) is 18.4 Å². The number of hydrogen-bond donors (Lipinski definition) is 2. The molecule has 1 aromatic rings. The molecule has 4 nitrogen and oxygen atoms in total. The van der Waals surface area contributed by atoms with Crippen LogP contribution in [0.3, 0.4) is 0 Å². The molecule has 90 valence electrons. The molecule has 0 aliphatic heterocycles. The van der Waals surface area contributed by atoms with Crippen molar-refractivity contribution in [1.29, 1.82) is 0 Å². The molecule has 3 N–H and O–H groups in total. The summed E-state index contributed by atoms with van der Waals surface area (Å²) in [6.07, 6.45) is 4.82. The Hall–Kier alpha value is -0.680. The van der Waals surface area contributed by atoms with Crippen LogP contribution in [0.25, 0.3) is 0 Å². The lowest BCUT2D eigenvalue weighted by Gasteiger charge is -2.17. The molecule has 0 spiro atoms. The molecule has 0 bridgehead atoms. The van der Waals surface area contributed by atoms with Gasteiger partial charge in [0.15, 0.2) is 0 Å². The first-order chi connectivity index (χ1) is 7.83. The van der Waals surface area contributed by atoms with E-state index in [-0.39, 0.29) is 0 Å². The average Bonchev–Trinajstić information content (AvgIpc) is 2.94. The highest BCUT2D eigenvalue weighted by molar-refractivity contribution is 7.09. The Morgan fingerprint density at radius 3 is 2.94 bits per heavy atom. The van der Waals surface area contributed by atoms with Crippen LogP contribution in [-0.2, 0) is 6.42 Å². The first kappa shape index (κ1) is 11.8. The second kappa shape index (κ2) is 5.59. The third-order valence-corrected chi connectivity index (χ3v) is 4.13. The zero-order chi connectivity index (χ0) is 11.4. The van der Waals surface area contributed by atoms with E-state index < -0.39 is 0 Å². The zero-order valence-electron chi connectivity index (χ0n) is 9.78. The van der Waals surface area contributed by atoms with E-state index in [9.17, 15) is 0 Å². The van der Waals surface area contributed by atoms with Gasteiger partial charge in [0.05, 0.1) is 0 Å². The van der Waals surface area contributed by atoms with Crippen molar-refractivity contribution in [1.82, 2.24) is 9.36 Å². The predicted molar refractivity (Wildman–Crippen MR) is 67.7 cm³/mol. The Morgan fingerprint density at radius 1 is 1.44 bits per heavy atom. The van der Waals surface area contributed by atoms with Crippen LogP contribution in [-0.4, -0.2) is 22.4 Å². The summed E-state index contributed by atoms with van der Waals surface area (Å²) in [7, 11) is 0. The van der Waals surface area contributed by atoms with Gasteiger partial charge < -0.3 is 11.1 Å². The third kappa shape index (κ3) is 2.71. The van der Waals surface area contributed by atoms with Crippen LogP contribution in [0, 0.1) is 11.8 Å². The molecule has 5 heteroatoms. The Balaban J connectivity index is 1.82. The van der Waals surface area contributed by atoms with E-state index in [1.807, 2.05) is 0 Å². The van der Waals surface area contributed by atoms with Gasteiger partial charge in [-0.25, -0.2) is 4.98 Å². The van der Waals surface area contributed by atoms with Gasteiger partial charge in [0.2, 0.25) is 5.13 Å². The van der Waals surface area contributed by atoms with Gasteiger partial charge >= 0.3 is 0 Å². The van der Waals surface area contributed by atoms with Crippen LogP contribution < -0.4 is 11.1 Å². The number of aryl methyl sites for hydroxylation is 1. The SMILES string of the molecule is CCc1nsc(NCC2CCCC2CN)n1. The minimum Gasteiger partial charge on any atom is -0.360 e. The molecule has 1 aliphatic rings. The fourth-order valence-corrected chi connectivity index (χ4v) is 3.04. The van der Waals surface area contributed by atoms with Crippen molar-refractivity contribution < 1.29 is 0 Å². The van der Waals surface area contributed by atoms with Gasteiger partial charge in [-0.15, -0.1) is 0 Å². The van der Waals surface area contributed by atoms with Gasteiger partial charge in [-0.05, 0) is 31.2 Å². The Labute approximate surface area is 101 Å². The number of hydrogen-bond acceptors (Lipinski definition) is 5. The Morgan fingerprint density at radius 2 is 2.25 bits per heavy atom. The minimum atomic E-state index is 0.700. The van der Waals surface area contributed by atoms with Gasteiger partial charge in [0, 0.05) is 24.5 Å².